The molecule has 0 aliphatic heterocycles. The largest absolute Gasteiger partial charge is 0.320 e. The molecule has 2 atom stereocenters. The second-order valence-corrected chi connectivity index (χ2v) is 5.74. The zero-order valence-electron chi connectivity index (χ0n) is 14.9. The van der Waals surface area contributed by atoms with Gasteiger partial charge >= 0.3 is 0 Å². The van der Waals surface area contributed by atoms with Crippen LogP contribution in [0.1, 0.15) is 60.8 Å². The maximum absolute atomic E-state index is 6.94. The minimum absolute atomic E-state index is 0.293. The molecule has 0 heterocycles. The molecule has 21 heavy (non-hydrogen) atoms. The fraction of sp³-hybridized carbons (Fsp3) is 0.600. The molecule has 0 rings (SSSR count). The first-order valence-electron chi connectivity index (χ1n) is 8.44. The van der Waals surface area contributed by atoms with Crippen LogP contribution in [0.25, 0.3) is 0 Å². The molecular weight excluding hydrogens is 254 g/mol. The zero-order chi connectivity index (χ0) is 16.3. The highest BCUT2D eigenvalue weighted by atomic mass is 14.8. The Kier molecular flexibility index (Phi) is 10.1. The van der Waals surface area contributed by atoms with Crippen LogP contribution in [-0.4, -0.2) is 5.54 Å². The van der Waals surface area contributed by atoms with Crippen molar-refractivity contribution < 1.29 is 0 Å². The normalized spacial score (nSPS) is 19.5. The fourth-order valence-electron chi connectivity index (χ4n) is 2.67. The third-order valence-corrected chi connectivity index (χ3v) is 4.17. The van der Waals surface area contributed by atoms with Crippen molar-refractivity contribution in [2.24, 2.45) is 17.6 Å². The summed E-state index contributed by atoms with van der Waals surface area (Å²) in [5.74, 6) is 0.586. The van der Waals surface area contributed by atoms with Crippen molar-refractivity contribution in [2.45, 2.75) is 66.3 Å². The van der Waals surface area contributed by atoms with E-state index in [1.807, 2.05) is 0 Å². The Morgan fingerprint density at radius 2 is 1.33 bits per heavy atom. The predicted molar refractivity (Wildman–Crippen MR) is 97.3 cm³/mol. The molecule has 0 aliphatic carbocycles. The van der Waals surface area contributed by atoms with E-state index in [1.54, 1.807) is 0 Å². The van der Waals surface area contributed by atoms with E-state index in [2.05, 4.69) is 84.1 Å². The van der Waals surface area contributed by atoms with Crippen LogP contribution in [0.15, 0.2) is 48.1 Å². The maximum Gasteiger partial charge on any atom is 0.0527 e. The summed E-state index contributed by atoms with van der Waals surface area (Å²) in [5.41, 5.74) is 7.80. The fourth-order valence-corrected chi connectivity index (χ4v) is 2.67. The standard InChI is InChI=1S/C20H35N/c1-7-11-14-17(5)20(21,18(6)15-12-8-2)19(10-4)16-13-9-3/h10-18H,7-9,21H2,1-6H3/b14-11-,15-12-,16-13-,19-10+. The second kappa shape index (κ2) is 10.6. The van der Waals surface area contributed by atoms with Gasteiger partial charge in [0.2, 0.25) is 0 Å². The highest BCUT2D eigenvalue weighted by Gasteiger charge is 2.37. The first-order valence-corrected chi connectivity index (χ1v) is 8.44. The van der Waals surface area contributed by atoms with E-state index in [0.717, 1.165) is 19.3 Å². The molecule has 0 fully saturated rings. The minimum Gasteiger partial charge on any atom is -0.320 e. The number of hydrogen-bond acceptors (Lipinski definition) is 1. The predicted octanol–water partition coefficient (Wildman–Crippen LogP) is 5.80. The molecule has 0 aromatic heterocycles. The molecule has 0 amide bonds. The Labute approximate surface area is 132 Å². The van der Waals surface area contributed by atoms with E-state index in [9.17, 15) is 0 Å². The molecule has 0 spiro atoms. The van der Waals surface area contributed by atoms with E-state index in [-0.39, 0.29) is 5.54 Å². The molecule has 0 aliphatic rings. The average Bonchev–Trinajstić information content (AvgIpc) is 2.50. The second-order valence-electron chi connectivity index (χ2n) is 5.74. The van der Waals surface area contributed by atoms with Crippen molar-refractivity contribution >= 4 is 0 Å². The Balaban J connectivity index is 5.67. The van der Waals surface area contributed by atoms with Gasteiger partial charge in [-0.3, -0.25) is 0 Å². The smallest absolute Gasteiger partial charge is 0.0527 e. The topological polar surface area (TPSA) is 26.0 Å². The van der Waals surface area contributed by atoms with Crippen LogP contribution in [0.4, 0.5) is 0 Å². The van der Waals surface area contributed by atoms with Crippen LogP contribution >= 0.6 is 0 Å². The number of nitrogens with two attached hydrogens (primary N) is 1. The van der Waals surface area contributed by atoms with Gasteiger partial charge in [0.05, 0.1) is 5.54 Å². The quantitative estimate of drug-likeness (QED) is 0.421. The Hall–Kier alpha value is -1.08. The Morgan fingerprint density at radius 3 is 1.67 bits per heavy atom. The maximum atomic E-state index is 6.94. The van der Waals surface area contributed by atoms with Gasteiger partial charge in [0.15, 0.2) is 0 Å². The molecule has 2 unspecified atom stereocenters. The van der Waals surface area contributed by atoms with Crippen molar-refractivity contribution in [3.8, 4) is 0 Å². The number of allylic oxidation sites excluding steroid dienone is 4. The molecule has 0 saturated heterocycles. The average molecular weight is 290 g/mol. The van der Waals surface area contributed by atoms with Gasteiger partial charge in [0.1, 0.15) is 0 Å². The zero-order valence-corrected chi connectivity index (χ0v) is 14.9. The third kappa shape index (κ3) is 5.67. The third-order valence-electron chi connectivity index (χ3n) is 4.17. The van der Waals surface area contributed by atoms with E-state index >= 15 is 0 Å². The van der Waals surface area contributed by atoms with Crippen LogP contribution < -0.4 is 5.73 Å². The molecule has 120 valence electrons. The summed E-state index contributed by atoms with van der Waals surface area (Å²) < 4.78 is 0. The lowest BCUT2D eigenvalue weighted by atomic mass is 9.70. The van der Waals surface area contributed by atoms with E-state index < -0.39 is 0 Å². The highest BCUT2D eigenvalue weighted by Crippen LogP contribution is 2.34. The lowest BCUT2D eigenvalue weighted by Crippen LogP contribution is -2.52. The summed E-state index contributed by atoms with van der Waals surface area (Å²) in [7, 11) is 0. The Morgan fingerprint density at radius 1 is 0.905 bits per heavy atom. The molecule has 0 saturated carbocycles. The van der Waals surface area contributed by atoms with Crippen molar-refractivity contribution in [3.63, 3.8) is 0 Å². The van der Waals surface area contributed by atoms with Gasteiger partial charge in [-0.15, -0.1) is 0 Å². The summed E-state index contributed by atoms with van der Waals surface area (Å²) in [4.78, 5) is 0. The van der Waals surface area contributed by atoms with Gasteiger partial charge in [-0.25, -0.2) is 0 Å². The SMILES string of the molecule is C/C=C(\C=C/CC)C(N)(C(C)/C=C\CC)C(C)/C=C\CC. The molecule has 0 bridgehead atoms. The summed E-state index contributed by atoms with van der Waals surface area (Å²) >= 11 is 0. The van der Waals surface area contributed by atoms with Crippen LogP contribution in [0.5, 0.6) is 0 Å². The van der Waals surface area contributed by atoms with Crippen molar-refractivity contribution in [1.82, 2.24) is 0 Å². The van der Waals surface area contributed by atoms with E-state index in [1.165, 1.54) is 5.57 Å². The highest BCUT2D eigenvalue weighted by molar-refractivity contribution is 5.35. The van der Waals surface area contributed by atoms with E-state index in [4.69, 9.17) is 5.73 Å². The monoisotopic (exact) mass is 289 g/mol. The molecule has 0 aromatic carbocycles. The summed E-state index contributed by atoms with van der Waals surface area (Å²) in [6.07, 6.45) is 18.7. The lowest BCUT2D eigenvalue weighted by Gasteiger charge is -2.40. The first kappa shape index (κ1) is 19.9. The van der Waals surface area contributed by atoms with Gasteiger partial charge in [-0.1, -0.05) is 77.2 Å². The van der Waals surface area contributed by atoms with Crippen molar-refractivity contribution in [3.05, 3.63) is 48.1 Å². The molecule has 2 N–H and O–H groups in total. The summed E-state index contributed by atoms with van der Waals surface area (Å²) in [6, 6.07) is 0. The van der Waals surface area contributed by atoms with E-state index in [0.29, 0.717) is 11.8 Å². The van der Waals surface area contributed by atoms with Crippen LogP contribution in [0.2, 0.25) is 0 Å². The molecule has 1 heteroatoms. The van der Waals surface area contributed by atoms with Gasteiger partial charge in [0.25, 0.3) is 0 Å². The van der Waals surface area contributed by atoms with Crippen LogP contribution in [-0.2, 0) is 0 Å². The van der Waals surface area contributed by atoms with Gasteiger partial charge in [-0.05, 0) is 43.6 Å². The van der Waals surface area contributed by atoms with Crippen LogP contribution in [0, 0.1) is 11.8 Å². The molecule has 0 radical (unpaired) electrons. The summed E-state index contributed by atoms with van der Waals surface area (Å²) in [5, 5.41) is 0. The van der Waals surface area contributed by atoms with Crippen molar-refractivity contribution in [1.29, 1.82) is 0 Å². The molecule has 0 aromatic rings. The summed E-state index contributed by atoms with van der Waals surface area (Å²) in [6.45, 7) is 13.0. The van der Waals surface area contributed by atoms with Gasteiger partial charge in [0, 0.05) is 0 Å². The van der Waals surface area contributed by atoms with Crippen LogP contribution in [0.3, 0.4) is 0 Å². The lowest BCUT2D eigenvalue weighted by molar-refractivity contribution is 0.325. The minimum atomic E-state index is -0.363. The van der Waals surface area contributed by atoms with Crippen molar-refractivity contribution in [2.75, 3.05) is 0 Å². The first-order chi connectivity index (χ1) is 9.98. The van der Waals surface area contributed by atoms with Gasteiger partial charge < -0.3 is 5.73 Å². The molecular formula is C20H35N. The number of rotatable bonds is 9. The Bertz CT molecular complexity index is 365. The van der Waals surface area contributed by atoms with Gasteiger partial charge in [-0.2, -0.15) is 0 Å². The number of hydrogen-bond donors (Lipinski definition) is 1. The molecule has 1 nitrogen and oxygen atoms in total.